The molecule has 0 atom stereocenters. The molecule has 1 aromatic carbocycles. The first kappa shape index (κ1) is 22.7. The van der Waals surface area contributed by atoms with E-state index in [1.165, 1.54) is 6.07 Å². The molecule has 0 spiro atoms. The Balaban J connectivity index is 0.000000687. The fourth-order valence-corrected chi connectivity index (χ4v) is 2.90. The lowest BCUT2D eigenvalue weighted by molar-refractivity contribution is 0.622. The summed E-state index contributed by atoms with van der Waals surface area (Å²) < 4.78 is 14.5. The van der Waals surface area contributed by atoms with E-state index in [2.05, 4.69) is 54.6 Å². The molecule has 0 aliphatic rings. The molecule has 3 aromatic rings. The number of fused-ring (bicyclic) bond motifs is 1. The highest BCUT2D eigenvalue weighted by Gasteiger charge is 2.13. The van der Waals surface area contributed by atoms with Gasteiger partial charge in [-0.3, -0.25) is 4.99 Å². The van der Waals surface area contributed by atoms with E-state index in [1.807, 2.05) is 39.2 Å². The first-order valence-corrected chi connectivity index (χ1v) is 10.2. The highest BCUT2D eigenvalue weighted by atomic mass is 19.1. The van der Waals surface area contributed by atoms with Gasteiger partial charge >= 0.3 is 0 Å². The molecule has 0 aliphatic heterocycles. The number of hydrogen-bond acceptors (Lipinski definition) is 3. The molecule has 29 heavy (non-hydrogen) atoms. The normalized spacial score (nSPS) is 11.0. The van der Waals surface area contributed by atoms with E-state index in [0.717, 1.165) is 51.6 Å². The molecular weight excluding hydrogens is 363 g/mol. The Morgan fingerprint density at radius 1 is 1.14 bits per heavy atom. The summed E-state index contributed by atoms with van der Waals surface area (Å²) in [6, 6.07) is 3.48. The predicted octanol–water partition coefficient (Wildman–Crippen LogP) is 7.05. The molecule has 0 bridgehead atoms. The molecule has 5 heteroatoms. The standard InChI is InChI=1S/C20H23FN4.C4H10/c1-11(2)6-18-22-10-16-15(9-23-20(16)25-18)14-7-13(5)19(17(21)8-14)24-12(3)4;1-4(2)3/h7-11H,6H2,1-5H3,(H,22,23,25);4H,1-3H3. The Hall–Kier alpha value is -2.56. The van der Waals surface area contributed by atoms with Crippen LogP contribution in [0.2, 0.25) is 0 Å². The van der Waals surface area contributed by atoms with Crippen molar-refractivity contribution in [3.05, 3.63) is 41.7 Å². The number of aliphatic imine (C=N–C) groups is 1. The van der Waals surface area contributed by atoms with Crippen molar-refractivity contribution in [2.45, 2.75) is 61.8 Å². The van der Waals surface area contributed by atoms with Crippen molar-refractivity contribution in [3.8, 4) is 11.1 Å². The first-order chi connectivity index (χ1) is 13.6. The van der Waals surface area contributed by atoms with Crippen LogP contribution in [0, 0.1) is 24.6 Å². The van der Waals surface area contributed by atoms with Crippen molar-refractivity contribution in [3.63, 3.8) is 0 Å². The number of benzene rings is 1. The lowest BCUT2D eigenvalue weighted by Crippen LogP contribution is -2.00. The van der Waals surface area contributed by atoms with Gasteiger partial charge in [0.1, 0.15) is 23.0 Å². The summed E-state index contributed by atoms with van der Waals surface area (Å²) in [5.74, 6) is 1.84. The first-order valence-electron chi connectivity index (χ1n) is 10.2. The maximum Gasteiger partial charge on any atom is 0.149 e. The van der Waals surface area contributed by atoms with Crippen LogP contribution in [0.25, 0.3) is 22.2 Å². The lowest BCUT2D eigenvalue weighted by atomic mass is 10.0. The molecular formula is C24H33FN4. The van der Waals surface area contributed by atoms with E-state index in [-0.39, 0.29) is 5.82 Å². The number of aromatic amines is 1. The quantitative estimate of drug-likeness (QED) is 0.481. The molecule has 0 saturated carbocycles. The third-order valence-corrected chi connectivity index (χ3v) is 3.97. The number of aryl methyl sites for hydroxylation is 1. The van der Waals surface area contributed by atoms with Gasteiger partial charge in [0, 0.05) is 35.5 Å². The minimum absolute atomic E-state index is 0.317. The summed E-state index contributed by atoms with van der Waals surface area (Å²) in [6.45, 7) is 16.4. The van der Waals surface area contributed by atoms with Crippen molar-refractivity contribution < 1.29 is 4.39 Å². The maximum atomic E-state index is 14.5. The van der Waals surface area contributed by atoms with Crippen molar-refractivity contribution in [1.82, 2.24) is 15.0 Å². The Labute approximate surface area is 173 Å². The molecule has 2 heterocycles. The van der Waals surface area contributed by atoms with Gasteiger partial charge in [-0.15, -0.1) is 0 Å². The van der Waals surface area contributed by atoms with Gasteiger partial charge in [0.05, 0.1) is 0 Å². The average molecular weight is 397 g/mol. The van der Waals surface area contributed by atoms with Gasteiger partial charge in [-0.2, -0.15) is 0 Å². The Kier molecular flexibility index (Phi) is 7.66. The van der Waals surface area contributed by atoms with Crippen LogP contribution < -0.4 is 0 Å². The van der Waals surface area contributed by atoms with Gasteiger partial charge in [-0.25, -0.2) is 14.4 Å². The fraction of sp³-hybridized carbons (Fsp3) is 0.458. The van der Waals surface area contributed by atoms with Crippen LogP contribution in [0.3, 0.4) is 0 Å². The molecule has 0 aliphatic carbocycles. The Morgan fingerprint density at radius 3 is 2.34 bits per heavy atom. The number of aromatic nitrogens is 3. The van der Waals surface area contributed by atoms with E-state index in [1.54, 1.807) is 0 Å². The summed E-state index contributed by atoms with van der Waals surface area (Å²) in [5, 5.41) is 0.897. The van der Waals surface area contributed by atoms with Gasteiger partial charge in [0.2, 0.25) is 0 Å². The summed E-state index contributed by atoms with van der Waals surface area (Å²) in [5.41, 5.74) is 4.52. The molecule has 0 unspecified atom stereocenters. The van der Waals surface area contributed by atoms with Gasteiger partial charge in [-0.1, -0.05) is 34.6 Å². The highest BCUT2D eigenvalue weighted by Crippen LogP contribution is 2.33. The van der Waals surface area contributed by atoms with E-state index >= 15 is 0 Å². The zero-order valence-corrected chi connectivity index (χ0v) is 18.9. The van der Waals surface area contributed by atoms with Gasteiger partial charge in [-0.05, 0) is 55.9 Å². The van der Waals surface area contributed by atoms with Gasteiger partial charge < -0.3 is 4.98 Å². The number of halogens is 1. The van der Waals surface area contributed by atoms with E-state index < -0.39 is 0 Å². The number of rotatable bonds is 4. The summed E-state index contributed by atoms with van der Waals surface area (Å²) >= 11 is 0. The van der Waals surface area contributed by atoms with Crippen LogP contribution in [-0.2, 0) is 6.42 Å². The van der Waals surface area contributed by atoms with E-state index in [9.17, 15) is 4.39 Å². The molecule has 2 aromatic heterocycles. The summed E-state index contributed by atoms with van der Waals surface area (Å²) in [6.07, 6.45) is 4.52. The second kappa shape index (κ2) is 9.77. The molecule has 0 fully saturated rings. The number of nitrogens with one attached hydrogen (secondary N) is 1. The number of nitrogens with zero attached hydrogens (tertiary/aromatic N) is 3. The minimum Gasteiger partial charge on any atom is -0.345 e. The van der Waals surface area contributed by atoms with E-state index in [4.69, 9.17) is 0 Å². The minimum atomic E-state index is -0.317. The molecule has 0 amide bonds. The molecule has 0 saturated heterocycles. The Morgan fingerprint density at radius 2 is 1.79 bits per heavy atom. The van der Waals surface area contributed by atoms with Crippen molar-refractivity contribution >= 4 is 22.4 Å². The zero-order valence-electron chi connectivity index (χ0n) is 18.9. The fourth-order valence-electron chi connectivity index (χ4n) is 2.90. The second-order valence-corrected chi connectivity index (χ2v) is 8.76. The van der Waals surface area contributed by atoms with Crippen LogP contribution in [0.5, 0.6) is 0 Å². The SMILES string of the molecule is CC(C)=Nc1c(C)cc(-c2c[nH]c3nc(CC(C)C)ncc23)cc1F.CC(C)C. The van der Waals surface area contributed by atoms with Crippen LogP contribution in [0.1, 0.15) is 59.9 Å². The molecule has 1 N–H and O–H groups in total. The maximum absolute atomic E-state index is 14.5. The smallest absolute Gasteiger partial charge is 0.149 e. The van der Waals surface area contributed by atoms with Gasteiger partial charge in [0.25, 0.3) is 0 Å². The predicted molar refractivity (Wildman–Crippen MR) is 122 cm³/mol. The molecule has 4 nitrogen and oxygen atoms in total. The topological polar surface area (TPSA) is 53.9 Å². The van der Waals surface area contributed by atoms with Crippen molar-refractivity contribution in [1.29, 1.82) is 0 Å². The van der Waals surface area contributed by atoms with Crippen LogP contribution in [0.15, 0.2) is 29.5 Å². The monoisotopic (exact) mass is 396 g/mol. The van der Waals surface area contributed by atoms with Crippen LogP contribution in [0.4, 0.5) is 10.1 Å². The van der Waals surface area contributed by atoms with Crippen LogP contribution in [-0.4, -0.2) is 20.7 Å². The Bertz CT molecular complexity index is 970. The van der Waals surface area contributed by atoms with Crippen LogP contribution >= 0.6 is 0 Å². The number of H-pyrrole nitrogens is 1. The summed E-state index contributed by atoms with van der Waals surface area (Å²) in [7, 11) is 0. The second-order valence-electron chi connectivity index (χ2n) is 8.76. The molecule has 156 valence electrons. The van der Waals surface area contributed by atoms with E-state index in [0.29, 0.717) is 11.6 Å². The summed E-state index contributed by atoms with van der Waals surface area (Å²) in [4.78, 5) is 16.5. The van der Waals surface area contributed by atoms with Crippen molar-refractivity contribution in [2.75, 3.05) is 0 Å². The third kappa shape index (κ3) is 6.21. The average Bonchev–Trinajstić information content (AvgIpc) is 3.00. The highest BCUT2D eigenvalue weighted by molar-refractivity contribution is 5.93. The third-order valence-electron chi connectivity index (χ3n) is 3.97. The number of hydrogen-bond donors (Lipinski definition) is 1. The zero-order chi connectivity index (χ0) is 21.7. The largest absolute Gasteiger partial charge is 0.345 e. The van der Waals surface area contributed by atoms with Crippen molar-refractivity contribution in [2.24, 2.45) is 16.8 Å². The van der Waals surface area contributed by atoms with Gasteiger partial charge in [0.15, 0.2) is 0 Å². The lowest BCUT2D eigenvalue weighted by Gasteiger charge is -2.07. The molecule has 0 radical (unpaired) electrons. The molecule has 3 rings (SSSR count).